The third kappa shape index (κ3) is 63.2. The maximum atomic E-state index is 13.0. The number of aliphatic hydroxyl groups is 1. The number of carbonyl (C=O) groups is 4. The van der Waals surface area contributed by atoms with Gasteiger partial charge < -0.3 is 33.8 Å². The van der Waals surface area contributed by atoms with Crippen LogP contribution < -0.4 is 0 Å². The van der Waals surface area contributed by atoms with Gasteiger partial charge in [0.2, 0.25) is 0 Å². The molecule has 0 heterocycles. The second-order valence-electron chi connectivity index (χ2n) is 26.0. The molecule has 6 atom stereocenters. The highest BCUT2D eigenvalue weighted by molar-refractivity contribution is 7.47. The zero-order valence-corrected chi connectivity index (χ0v) is 59.5. The van der Waals surface area contributed by atoms with Crippen molar-refractivity contribution in [2.24, 2.45) is 11.8 Å². The van der Waals surface area contributed by atoms with Crippen molar-refractivity contribution in [2.75, 3.05) is 39.6 Å². The number of carbonyl (C=O) groups excluding carboxylic acids is 4. The molecule has 0 fully saturated rings. The second-order valence-corrected chi connectivity index (χ2v) is 28.9. The summed E-state index contributed by atoms with van der Waals surface area (Å²) in [5, 5.41) is 10.6. The lowest BCUT2D eigenvalue weighted by Crippen LogP contribution is -2.30. The molecule has 0 amide bonds. The lowest BCUT2D eigenvalue weighted by atomic mass is 9.99. The van der Waals surface area contributed by atoms with Crippen molar-refractivity contribution < 1.29 is 80.2 Å². The maximum absolute atomic E-state index is 13.0. The molecule has 0 saturated heterocycles. The highest BCUT2D eigenvalue weighted by Gasteiger charge is 2.30. The Labute approximate surface area is 543 Å². The fourth-order valence-corrected chi connectivity index (χ4v) is 12.1. The molecule has 0 aromatic carbocycles. The Morgan fingerprint density at radius 1 is 0.326 bits per heavy atom. The van der Waals surface area contributed by atoms with E-state index < -0.39 is 97.5 Å². The van der Waals surface area contributed by atoms with E-state index in [1.165, 1.54) is 173 Å². The summed E-state index contributed by atoms with van der Waals surface area (Å²) in [6, 6.07) is 0. The van der Waals surface area contributed by atoms with Crippen LogP contribution >= 0.6 is 15.6 Å². The van der Waals surface area contributed by atoms with Gasteiger partial charge in [0.15, 0.2) is 12.2 Å². The molecular weight excluding hydrogens is 1170 g/mol. The molecule has 0 aromatic heterocycles. The Balaban J connectivity index is 5.24. The summed E-state index contributed by atoms with van der Waals surface area (Å²) in [6.07, 6.45) is 47.0. The summed E-state index contributed by atoms with van der Waals surface area (Å²) in [5.41, 5.74) is 0. The highest BCUT2D eigenvalue weighted by atomic mass is 31.2. The molecule has 528 valence electrons. The van der Waals surface area contributed by atoms with Crippen LogP contribution in [0.2, 0.25) is 0 Å². The number of ether oxygens (including phenoxy) is 4. The summed E-state index contributed by atoms with van der Waals surface area (Å²) >= 11 is 0. The van der Waals surface area contributed by atoms with Crippen molar-refractivity contribution >= 4 is 39.5 Å². The fourth-order valence-electron chi connectivity index (χ4n) is 10.6. The highest BCUT2D eigenvalue weighted by Crippen LogP contribution is 2.45. The Morgan fingerprint density at radius 3 is 0.854 bits per heavy atom. The van der Waals surface area contributed by atoms with Gasteiger partial charge in [-0.15, -0.1) is 0 Å². The van der Waals surface area contributed by atoms with E-state index in [0.29, 0.717) is 25.7 Å². The molecule has 0 aliphatic rings. The van der Waals surface area contributed by atoms with E-state index in [1.807, 2.05) is 0 Å². The predicted molar refractivity (Wildman–Crippen MR) is 358 cm³/mol. The quantitative estimate of drug-likeness (QED) is 0.0222. The Bertz CT molecular complexity index is 1740. The molecule has 0 aliphatic carbocycles. The van der Waals surface area contributed by atoms with Gasteiger partial charge in [-0.05, 0) is 37.5 Å². The number of hydrogen-bond acceptors (Lipinski definition) is 15. The topological polar surface area (TPSA) is 237 Å². The lowest BCUT2D eigenvalue weighted by molar-refractivity contribution is -0.161. The molecule has 0 aromatic rings. The van der Waals surface area contributed by atoms with Crippen LogP contribution in [0, 0.1) is 11.8 Å². The Hall–Kier alpha value is -1.94. The number of phosphoric ester groups is 2. The number of aliphatic hydroxyl groups excluding tert-OH is 1. The van der Waals surface area contributed by atoms with Gasteiger partial charge in [0, 0.05) is 25.7 Å². The molecule has 3 unspecified atom stereocenters. The van der Waals surface area contributed by atoms with E-state index in [-0.39, 0.29) is 25.7 Å². The van der Waals surface area contributed by atoms with E-state index in [0.717, 1.165) is 102 Å². The average molecular weight is 1310 g/mol. The van der Waals surface area contributed by atoms with Crippen LogP contribution in [0.3, 0.4) is 0 Å². The van der Waals surface area contributed by atoms with E-state index >= 15 is 0 Å². The number of hydrogen-bond donors (Lipinski definition) is 3. The van der Waals surface area contributed by atoms with Gasteiger partial charge in [0.25, 0.3) is 0 Å². The van der Waals surface area contributed by atoms with Crippen molar-refractivity contribution in [3.63, 3.8) is 0 Å². The third-order valence-electron chi connectivity index (χ3n) is 16.6. The molecule has 3 N–H and O–H groups in total. The van der Waals surface area contributed by atoms with Crippen LogP contribution in [-0.2, 0) is 65.4 Å². The lowest BCUT2D eigenvalue weighted by Gasteiger charge is -2.21. The van der Waals surface area contributed by atoms with Gasteiger partial charge in [0.05, 0.1) is 26.4 Å². The van der Waals surface area contributed by atoms with Crippen molar-refractivity contribution in [1.29, 1.82) is 0 Å². The van der Waals surface area contributed by atoms with Crippen molar-refractivity contribution in [3.8, 4) is 0 Å². The average Bonchev–Trinajstić information content (AvgIpc) is 3.60. The van der Waals surface area contributed by atoms with Crippen molar-refractivity contribution in [2.45, 2.75) is 374 Å². The monoisotopic (exact) mass is 1310 g/mol. The first-order valence-electron chi connectivity index (χ1n) is 36.5. The predicted octanol–water partition coefficient (Wildman–Crippen LogP) is 20.0. The summed E-state index contributed by atoms with van der Waals surface area (Å²) < 4.78 is 68.3. The molecule has 0 aliphatic heterocycles. The first-order chi connectivity index (χ1) is 42.9. The van der Waals surface area contributed by atoms with Crippen molar-refractivity contribution in [3.05, 3.63) is 0 Å². The van der Waals surface area contributed by atoms with Gasteiger partial charge in [0.1, 0.15) is 19.3 Å². The zero-order valence-electron chi connectivity index (χ0n) is 57.7. The summed E-state index contributed by atoms with van der Waals surface area (Å²) in [4.78, 5) is 72.5. The molecule has 19 heteroatoms. The normalized spacial score (nSPS) is 14.4. The summed E-state index contributed by atoms with van der Waals surface area (Å²) in [6.45, 7) is 9.55. The SMILES string of the molecule is CCCCCCCCCCCCCCC(=O)O[C@H](COC(=O)CCCCCCCCCCC)COP(=O)(O)OC[C@H](O)COP(=O)(O)OC[C@@H](COC(=O)CCCCCCCCCCC(C)CC)OC(=O)CCCCCCCCCCCCCCCC(C)C. The number of unbranched alkanes of at least 4 members (excludes halogenated alkanes) is 38. The smallest absolute Gasteiger partial charge is 0.462 e. The van der Waals surface area contributed by atoms with Crippen LogP contribution in [0.25, 0.3) is 0 Å². The van der Waals surface area contributed by atoms with Crippen LogP contribution in [0.5, 0.6) is 0 Å². The zero-order chi connectivity index (χ0) is 65.7. The van der Waals surface area contributed by atoms with Gasteiger partial charge in [-0.3, -0.25) is 37.3 Å². The first-order valence-corrected chi connectivity index (χ1v) is 39.5. The van der Waals surface area contributed by atoms with Gasteiger partial charge in [-0.25, -0.2) is 9.13 Å². The van der Waals surface area contributed by atoms with Crippen LogP contribution in [0.15, 0.2) is 0 Å². The van der Waals surface area contributed by atoms with Gasteiger partial charge in [-0.1, -0.05) is 305 Å². The van der Waals surface area contributed by atoms with Crippen LogP contribution in [-0.4, -0.2) is 96.7 Å². The first kappa shape index (κ1) is 87.1. The number of rotatable bonds is 69. The molecule has 89 heavy (non-hydrogen) atoms. The Kier molecular flexibility index (Phi) is 60.8. The van der Waals surface area contributed by atoms with E-state index in [1.54, 1.807) is 0 Å². The minimum atomic E-state index is -4.95. The fraction of sp³-hybridized carbons (Fsp3) is 0.943. The number of esters is 4. The molecule has 0 rings (SSSR count). The maximum Gasteiger partial charge on any atom is 0.472 e. The minimum Gasteiger partial charge on any atom is -0.462 e. The standard InChI is InChI=1S/C70H136O17P2/c1-7-10-12-14-16-18-19-24-28-36-42-48-54-69(74)86-65(58-80-67(72)52-46-40-34-26-17-15-13-11-8-2)60-84-88(76,77)82-56-64(71)57-83-89(78,79)85-61-66(59-81-68(73)53-47-41-35-31-30-33-39-45-51-63(6)9-3)87-70(75)55-49-43-37-29-25-22-20-21-23-27-32-38-44-50-62(4)5/h62-66,71H,7-61H2,1-6H3,(H,76,77)(H,78,79)/t63?,64-,65+,66+/m0/s1. The van der Waals surface area contributed by atoms with Crippen LogP contribution in [0.1, 0.15) is 356 Å². The molecule has 17 nitrogen and oxygen atoms in total. The molecule has 0 spiro atoms. The van der Waals surface area contributed by atoms with Crippen molar-refractivity contribution in [1.82, 2.24) is 0 Å². The van der Waals surface area contributed by atoms with Gasteiger partial charge in [-0.2, -0.15) is 0 Å². The molecule has 0 radical (unpaired) electrons. The molecule has 0 saturated carbocycles. The van der Waals surface area contributed by atoms with Crippen LogP contribution in [0.4, 0.5) is 0 Å². The summed E-state index contributed by atoms with van der Waals surface area (Å²) in [7, 11) is -9.90. The third-order valence-corrected chi connectivity index (χ3v) is 18.5. The van der Waals surface area contributed by atoms with E-state index in [9.17, 15) is 43.2 Å². The van der Waals surface area contributed by atoms with Gasteiger partial charge >= 0.3 is 39.5 Å². The molecular formula is C70H136O17P2. The van der Waals surface area contributed by atoms with E-state index in [4.69, 9.17) is 37.0 Å². The summed E-state index contributed by atoms with van der Waals surface area (Å²) in [5.74, 6) is -0.560. The largest absolute Gasteiger partial charge is 0.472 e. The van der Waals surface area contributed by atoms with E-state index in [2.05, 4.69) is 41.5 Å². The minimum absolute atomic E-state index is 0.107. The molecule has 0 bridgehead atoms. The Morgan fingerprint density at radius 2 is 0.573 bits per heavy atom. The second kappa shape index (κ2) is 62.2. The number of phosphoric acid groups is 2.